The summed E-state index contributed by atoms with van der Waals surface area (Å²) in [5.41, 5.74) is 7.67. The lowest BCUT2D eigenvalue weighted by Gasteiger charge is -2.07. The Kier molecular flexibility index (Phi) is 6.28. The molecule has 0 aliphatic rings. The van der Waals surface area contributed by atoms with E-state index in [1.807, 2.05) is 18.3 Å². The summed E-state index contributed by atoms with van der Waals surface area (Å²) in [4.78, 5) is 1.28. The molecule has 33 heavy (non-hydrogen) atoms. The van der Waals surface area contributed by atoms with Crippen LogP contribution in [0.5, 0.6) is 5.75 Å². The molecule has 1 aromatic heterocycles. The molecule has 2 heteroatoms. The second-order valence-electron chi connectivity index (χ2n) is 8.34. The lowest BCUT2D eigenvalue weighted by molar-refractivity contribution is 0.341. The Balaban J connectivity index is 1.34. The minimum Gasteiger partial charge on any atom is -0.494 e. The van der Waals surface area contributed by atoms with Crippen LogP contribution in [-0.2, 0) is 6.42 Å². The van der Waals surface area contributed by atoms with Crippen LogP contribution in [0.4, 0.5) is 0 Å². The van der Waals surface area contributed by atoms with Gasteiger partial charge in [0.2, 0.25) is 0 Å². The Morgan fingerprint density at radius 2 is 1.15 bits per heavy atom. The van der Waals surface area contributed by atoms with Gasteiger partial charge in [-0.3, -0.25) is 0 Å². The van der Waals surface area contributed by atoms with Crippen molar-refractivity contribution < 1.29 is 4.74 Å². The van der Waals surface area contributed by atoms with E-state index in [4.69, 9.17) is 4.74 Å². The van der Waals surface area contributed by atoms with Crippen molar-refractivity contribution in [1.29, 1.82) is 0 Å². The third kappa shape index (κ3) is 4.72. The summed E-state index contributed by atoms with van der Waals surface area (Å²) in [6.07, 6.45) is 2.33. The number of thiophene rings is 1. The highest BCUT2D eigenvalue weighted by Gasteiger charge is 2.07. The summed E-state index contributed by atoms with van der Waals surface area (Å²) in [6.45, 7) is 4.93. The van der Waals surface area contributed by atoms with Crippen LogP contribution in [0.2, 0.25) is 0 Å². The first kappa shape index (κ1) is 21.5. The minimum atomic E-state index is 0.692. The maximum Gasteiger partial charge on any atom is 0.120 e. The fourth-order valence-corrected chi connectivity index (χ4v) is 5.34. The van der Waals surface area contributed by atoms with Crippen LogP contribution in [0.1, 0.15) is 25.8 Å². The Morgan fingerprint density at radius 1 is 0.606 bits per heavy atom. The predicted molar refractivity (Wildman–Crippen MR) is 143 cm³/mol. The van der Waals surface area contributed by atoms with Crippen molar-refractivity contribution in [2.75, 3.05) is 6.61 Å². The van der Waals surface area contributed by atoms with Crippen molar-refractivity contribution in [3.8, 4) is 38.4 Å². The average molecular weight is 449 g/mol. The van der Waals surface area contributed by atoms with Gasteiger partial charge in [-0.25, -0.2) is 0 Å². The summed E-state index contributed by atoms with van der Waals surface area (Å²) in [5.74, 6) is 0.939. The van der Waals surface area contributed by atoms with Crippen LogP contribution in [0.3, 0.4) is 0 Å². The molecular weight excluding hydrogens is 420 g/mol. The molecule has 0 saturated carbocycles. The summed E-state index contributed by atoms with van der Waals surface area (Å²) in [5, 5.41) is 1.26. The SMILES string of the molecule is CCCc1ccc(-c2ccc(-c3ccc(-c4cc5ccc(OCC)cc5s4)cc3)cc2)cc1. The van der Waals surface area contributed by atoms with Crippen LogP contribution in [0, 0.1) is 0 Å². The monoisotopic (exact) mass is 448 g/mol. The molecule has 1 heterocycles. The normalized spacial score (nSPS) is 11.1. The van der Waals surface area contributed by atoms with Crippen molar-refractivity contribution in [3.05, 3.63) is 103 Å². The number of rotatable bonds is 7. The molecule has 0 unspecified atom stereocenters. The molecule has 0 amide bonds. The van der Waals surface area contributed by atoms with E-state index < -0.39 is 0 Å². The van der Waals surface area contributed by atoms with E-state index in [-0.39, 0.29) is 0 Å². The second-order valence-corrected chi connectivity index (χ2v) is 9.43. The highest BCUT2D eigenvalue weighted by atomic mass is 32.1. The highest BCUT2D eigenvalue weighted by molar-refractivity contribution is 7.22. The lowest BCUT2D eigenvalue weighted by atomic mass is 9.98. The first-order valence-electron chi connectivity index (χ1n) is 11.7. The maximum absolute atomic E-state index is 5.65. The van der Waals surface area contributed by atoms with E-state index in [9.17, 15) is 0 Å². The van der Waals surface area contributed by atoms with Crippen LogP contribution in [0.15, 0.2) is 97.1 Å². The van der Waals surface area contributed by atoms with Gasteiger partial charge in [-0.15, -0.1) is 11.3 Å². The van der Waals surface area contributed by atoms with E-state index in [2.05, 4.69) is 104 Å². The quantitative estimate of drug-likeness (QED) is 0.241. The molecule has 0 fully saturated rings. The van der Waals surface area contributed by atoms with Crippen LogP contribution in [0.25, 0.3) is 42.8 Å². The van der Waals surface area contributed by atoms with E-state index in [0.29, 0.717) is 6.61 Å². The molecule has 0 radical (unpaired) electrons. The van der Waals surface area contributed by atoms with Crippen molar-refractivity contribution in [3.63, 3.8) is 0 Å². The number of hydrogen-bond acceptors (Lipinski definition) is 2. The first-order valence-corrected chi connectivity index (χ1v) is 12.5. The minimum absolute atomic E-state index is 0.692. The molecule has 0 aliphatic carbocycles. The molecule has 0 aliphatic heterocycles. The molecule has 0 bridgehead atoms. The van der Waals surface area contributed by atoms with Crippen LogP contribution in [-0.4, -0.2) is 6.61 Å². The predicted octanol–water partition coefficient (Wildman–Crippen LogP) is 9.25. The average Bonchev–Trinajstić information content (AvgIpc) is 3.29. The van der Waals surface area contributed by atoms with Gasteiger partial charge >= 0.3 is 0 Å². The Labute approximate surface area is 200 Å². The fraction of sp³-hybridized carbons (Fsp3) is 0.161. The molecule has 0 spiro atoms. The zero-order chi connectivity index (χ0) is 22.6. The lowest BCUT2D eigenvalue weighted by Crippen LogP contribution is -1.89. The van der Waals surface area contributed by atoms with Gasteiger partial charge in [-0.2, -0.15) is 0 Å². The van der Waals surface area contributed by atoms with Crippen molar-refractivity contribution in [2.45, 2.75) is 26.7 Å². The smallest absolute Gasteiger partial charge is 0.120 e. The molecule has 0 atom stereocenters. The maximum atomic E-state index is 5.65. The first-order chi connectivity index (χ1) is 16.2. The summed E-state index contributed by atoms with van der Waals surface area (Å²) >= 11 is 1.82. The zero-order valence-corrected chi connectivity index (χ0v) is 20.0. The third-order valence-corrected chi connectivity index (χ3v) is 7.16. The van der Waals surface area contributed by atoms with Gasteiger partial charge in [0.05, 0.1) is 6.61 Å². The number of aryl methyl sites for hydroxylation is 1. The topological polar surface area (TPSA) is 9.23 Å². The third-order valence-electron chi connectivity index (χ3n) is 6.02. The van der Waals surface area contributed by atoms with Gasteiger partial charge in [-0.1, -0.05) is 86.1 Å². The molecule has 1 nitrogen and oxygen atoms in total. The van der Waals surface area contributed by atoms with E-state index in [1.165, 1.54) is 54.8 Å². The number of ether oxygens (including phenoxy) is 1. The molecule has 164 valence electrons. The summed E-state index contributed by atoms with van der Waals surface area (Å²) in [7, 11) is 0. The van der Waals surface area contributed by atoms with Crippen molar-refractivity contribution in [1.82, 2.24) is 0 Å². The van der Waals surface area contributed by atoms with Gasteiger partial charge in [0.25, 0.3) is 0 Å². The molecule has 5 rings (SSSR count). The van der Waals surface area contributed by atoms with Gasteiger partial charge in [0, 0.05) is 9.58 Å². The second kappa shape index (κ2) is 9.64. The summed E-state index contributed by atoms with van der Waals surface area (Å²) < 4.78 is 6.91. The Hall–Kier alpha value is -3.36. The standard InChI is InChI=1S/C31H28OS/c1-3-5-22-6-8-23(9-7-22)24-10-12-25(13-11-24)26-14-16-27(17-15-26)30-20-28-18-19-29(32-4-2)21-31(28)33-30/h6-21H,3-5H2,1-2H3. The largest absolute Gasteiger partial charge is 0.494 e. The number of hydrogen-bond donors (Lipinski definition) is 0. The number of fused-ring (bicyclic) bond motifs is 1. The molecule has 5 aromatic rings. The van der Waals surface area contributed by atoms with Gasteiger partial charge in [-0.05, 0) is 76.4 Å². The van der Waals surface area contributed by atoms with Gasteiger partial charge in [0.1, 0.15) is 5.75 Å². The van der Waals surface area contributed by atoms with E-state index in [0.717, 1.165) is 12.2 Å². The number of benzene rings is 4. The summed E-state index contributed by atoms with van der Waals surface area (Å²) in [6, 6.07) is 35.3. The Morgan fingerprint density at radius 3 is 1.70 bits per heavy atom. The van der Waals surface area contributed by atoms with Crippen molar-refractivity contribution in [2.24, 2.45) is 0 Å². The van der Waals surface area contributed by atoms with Crippen LogP contribution >= 0.6 is 11.3 Å². The van der Waals surface area contributed by atoms with E-state index >= 15 is 0 Å². The molecule has 0 N–H and O–H groups in total. The Bertz CT molecular complexity index is 1340. The van der Waals surface area contributed by atoms with Gasteiger partial charge in [0.15, 0.2) is 0 Å². The molecule has 0 saturated heterocycles. The van der Waals surface area contributed by atoms with E-state index in [1.54, 1.807) is 0 Å². The van der Waals surface area contributed by atoms with Gasteiger partial charge < -0.3 is 4.74 Å². The highest BCUT2D eigenvalue weighted by Crippen LogP contribution is 2.36. The molecular formula is C31H28OS. The fourth-order valence-electron chi connectivity index (χ4n) is 4.24. The van der Waals surface area contributed by atoms with Crippen LogP contribution < -0.4 is 4.74 Å². The molecule has 4 aromatic carbocycles. The van der Waals surface area contributed by atoms with Crippen molar-refractivity contribution >= 4 is 21.4 Å². The zero-order valence-electron chi connectivity index (χ0n) is 19.2.